The minimum absolute atomic E-state index is 0.0401. The largest absolute Gasteiger partial charge is 0.504 e. The standard InChI is InChI=1S/C18H20N6O2S/c1-12-4-3-5-14(8-12)11-27-18-23-22-17(24(18)19)21-20-10-13-6-7-16(26-2)15(25)9-13/h3-10,25H,11,19H2,1-2H3,(H,21,22)/b20-10+. The lowest BCUT2D eigenvalue weighted by Gasteiger charge is -2.04. The van der Waals surface area contributed by atoms with Crippen molar-refractivity contribution in [3.63, 3.8) is 0 Å². The summed E-state index contributed by atoms with van der Waals surface area (Å²) in [6, 6.07) is 13.2. The number of aromatic nitrogens is 3. The molecule has 0 radical (unpaired) electrons. The number of hydrazone groups is 1. The Hall–Kier alpha value is -3.20. The lowest BCUT2D eigenvalue weighted by atomic mass is 10.2. The van der Waals surface area contributed by atoms with E-state index in [1.165, 1.54) is 40.9 Å². The van der Waals surface area contributed by atoms with Crippen molar-refractivity contribution in [3.05, 3.63) is 59.2 Å². The fourth-order valence-electron chi connectivity index (χ4n) is 2.35. The quantitative estimate of drug-likeness (QED) is 0.249. The molecule has 0 aliphatic heterocycles. The maximum Gasteiger partial charge on any atom is 0.264 e. The Morgan fingerprint density at radius 3 is 2.89 bits per heavy atom. The van der Waals surface area contributed by atoms with Crippen molar-refractivity contribution in [1.82, 2.24) is 14.9 Å². The van der Waals surface area contributed by atoms with Crippen LogP contribution in [0.3, 0.4) is 0 Å². The van der Waals surface area contributed by atoms with E-state index in [4.69, 9.17) is 10.6 Å². The second-order valence-electron chi connectivity index (χ2n) is 5.76. The molecular formula is C18H20N6O2S. The van der Waals surface area contributed by atoms with E-state index < -0.39 is 0 Å². The summed E-state index contributed by atoms with van der Waals surface area (Å²) in [4.78, 5) is 0. The molecule has 0 saturated carbocycles. The van der Waals surface area contributed by atoms with Crippen molar-refractivity contribution in [2.75, 3.05) is 18.4 Å². The number of aromatic hydroxyl groups is 1. The zero-order valence-electron chi connectivity index (χ0n) is 15.0. The lowest BCUT2D eigenvalue weighted by molar-refractivity contribution is 0.373. The van der Waals surface area contributed by atoms with Crippen molar-refractivity contribution < 1.29 is 9.84 Å². The van der Waals surface area contributed by atoms with Gasteiger partial charge in [0.05, 0.1) is 13.3 Å². The summed E-state index contributed by atoms with van der Waals surface area (Å²) in [5.41, 5.74) is 5.84. The Kier molecular flexibility index (Phi) is 5.82. The monoisotopic (exact) mass is 384 g/mol. The summed E-state index contributed by atoms with van der Waals surface area (Å²) in [7, 11) is 1.49. The van der Waals surface area contributed by atoms with E-state index in [9.17, 15) is 5.11 Å². The minimum atomic E-state index is 0.0401. The molecule has 0 amide bonds. The van der Waals surface area contributed by atoms with Crippen LogP contribution in [0.25, 0.3) is 0 Å². The zero-order valence-corrected chi connectivity index (χ0v) is 15.8. The number of aryl methyl sites for hydroxylation is 1. The van der Waals surface area contributed by atoms with E-state index in [1.807, 2.05) is 6.07 Å². The zero-order chi connectivity index (χ0) is 19.2. The number of rotatable bonds is 7. The van der Waals surface area contributed by atoms with E-state index in [2.05, 4.69) is 45.8 Å². The van der Waals surface area contributed by atoms with Crippen LogP contribution in [0, 0.1) is 6.92 Å². The first-order valence-electron chi connectivity index (χ1n) is 8.11. The molecule has 0 aliphatic carbocycles. The Morgan fingerprint density at radius 1 is 1.30 bits per heavy atom. The predicted octanol–water partition coefficient (Wildman–Crippen LogP) is 2.75. The summed E-state index contributed by atoms with van der Waals surface area (Å²) in [6.07, 6.45) is 1.54. The SMILES string of the molecule is COc1ccc(/C=N/Nc2nnc(SCc3cccc(C)c3)n2N)cc1O. The van der Waals surface area contributed by atoms with Crippen molar-refractivity contribution in [2.45, 2.75) is 17.8 Å². The highest BCUT2D eigenvalue weighted by Crippen LogP contribution is 2.25. The van der Waals surface area contributed by atoms with Crippen LogP contribution in [0.5, 0.6) is 11.5 Å². The molecule has 140 valence electrons. The van der Waals surface area contributed by atoms with Gasteiger partial charge in [-0.1, -0.05) is 41.6 Å². The van der Waals surface area contributed by atoms with E-state index >= 15 is 0 Å². The number of thioether (sulfide) groups is 1. The van der Waals surface area contributed by atoms with Gasteiger partial charge >= 0.3 is 0 Å². The van der Waals surface area contributed by atoms with Crippen LogP contribution in [0.4, 0.5) is 5.95 Å². The molecule has 27 heavy (non-hydrogen) atoms. The van der Waals surface area contributed by atoms with Crippen molar-refractivity contribution in [3.8, 4) is 11.5 Å². The number of phenolic OH excluding ortho intramolecular Hbond substituents is 1. The molecule has 0 bridgehead atoms. The summed E-state index contributed by atoms with van der Waals surface area (Å²) >= 11 is 1.49. The first-order valence-corrected chi connectivity index (χ1v) is 9.10. The molecule has 0 atom stereocenters. The predicted molar refractivity (Wildman–Crippen MR) is 107 cm³/mol. The second kappa shape index (κ2) is 8.45. The first kappa shape index (κ1) is 18.6. The smallest absolute Gasteiger partial charge is 0.264 e. The van der Waals surface area contributed by atoms with Crippen LogP contribution in [0.15, 0.2) is 52.7 Å². The van der Waals surface area contributed by atoms with Gasteiger partial charge in [-0.3, -0.25) is 0 Å². The molecule has 0 unspecified atom stereocenters. The Bertz CT molecular complexity index is 957. The highest BCUT2D eigenvalue weighted by atomic mass is 32.2. The van der Waals surface area contributed by atoms with Crippen molar-refractivity contribution in [2.24, 2.45) is 5.10 Å². The third kappa shape index (κ3) is 4.70. The fraction of sp³-hybridized carbons (Fsp3) is 0.167. The Balaban J connectivity index is 1.60. The molecule has 3 aromatic rings. The third-order valence-electron chi connectivity index (χ3n) is 3.70. The molecule has 0 spiro atoms. The molecule has 0 fully saturated rings. The molecule has 3 rings (SSSR count). The van der Waals surface area contributed by atoms with Gasteiger partial charge in [0.2, 0.25) is 5.16 Å². The Labute approximate surface area is 161 Å². The van der Waals surface area contributed by atoms with Crippen LogP contribution < -0.4 is 16.0 Å². The maximum atomic E-state index is 9.77. The van der Waals surface area contributed by atoms with Crippen LogP contribution in [0.1, 0.15) is 16.7 Å². The van der Waals surface area contributed by atoms with Gasteiger partial charge in [-0.25, -0.2) is 10.1 Å². The van der Waals surface area contributed by atoms with Crippen molar-refractivity contribution >= 4 is 23.9 Å². The maximum absolute atomic E-state index is 9.77. The molecule has 0 aliphatic rings. The van der Waals surface area contributed by atoms with Gasteiger partial charge in [0.15, 0.2) is 11.5 Å². The number of hydrogen-bond acceptors (Lipinski definition) is 8. The molecule has 1 heterocycles. The van der Waals surface area contributed by atoms with Gasteiger partial charge in [-0.2, -0.15) is 5.10 Å². The lowest BCUT2D eigenvalue weighted by Crippen LogP contribution is -2.13. The number of nitrogens with zero attached hydrogens (tertiary/aromatic N) is 4. The average molecular weight is 384 g/mol. The number of anilines is 1. The van der Waals surface area contributed by atoms with E-state index in [-0.39, 0.29) is 5.75 Å². The summed E-state index contributed by atoms with van der Waals surface area (Å²) in [5, 5.41) is 22.5. The number of hydrogen-bond donors (Lipinski definition) is 3. The number of nitrogens with two attached hydrogens (primary N) is 1. The molecule has 2 aromatic carbocycles. The molecule has 4 N–H and O–H groups in total. The van der Waals surface area contributed by atoms with E-state index in [1.54, 1.807) is 18.2 Å². The van der Waals surface area contributed by atoms with Gasteiger partial charge in [0, 0.05) is 5.75 Å². The van der Waals surface area contributed by atoms with Crippen LogP contribution in [-0.4, -0.2) is 33.3 Å². The minimum Gasteiger partial charge on any atom is -0.504 e. The molecule has 9 heteroatoms. The number of ether oxygens (including phenoxy) is 1. The summed E-state index contributed by atoms with van der Waals surface area (Å²) < 4.78 is 6.35. The molecular weight excluding hydrogens is 364 g/mol. The van der Waals surface area contributed by atoms with Crippen LogP contribution >= 0.6 is 11.8 Å². The van der Waals surface area contributed by atoms with Gasteiger partial charge < -0.3 is 15.7 Å². The first-order chi connectivity index (χ1) is 13.1. The van der Waals surface area contributed by atoms with Crippen LogP contribution in [0.2, 0.25) is 0 Å². The topological polar surface area (TPSA) is 111 Å². The fourth-order valence-corrected chi connectivity index (χ4v) is 3.15. The van der Waals surface area contributed by atoms with E-state index in [0.717, 1.165) is 5.75 Å². The number of phenols is 1. The van der Waals surface area contributed by atoms with Gasteiger partial charge in [-0.15, -0.1) is 10.2 Å². The molecule has 0 saturated heterocycles. The molecule has 1 aromatic heterocycles. The Morgan fingerprint density at radius 2 is 2.15 bits per heavy atom. The van der Waals surface area contributed by atoms with Gasteiger partial charge in [0.1, 0.15) is 0 Å². The normalized spacial score (nSPS) is 11.0. The number of benzene rings is 2. The second-order valence-corrected chi connectivity index (χ2v) is 6.70. The summed E-state index contributed by atoms with van der Waals surface area (Å²) in [5.74, 6) is 7.51. The number of nitrogen functional groups attached to an aromatic ring is 1. The van der Waals surface area contributed by atoms with Crippen molar-refractivity contribution in [1.29, 1.82) is 0 Å². The highest BCUT2D eigenvalue weighted by Gasteiger charge is 2.09. The number of nitrogens with one attached hydrogen (secondary N) is 1. The molecule has 8 nitrogen and oxygen atoms in total. The number of methoxy groups -OCH3 is 1. The van der Waals surface area contributed by atoms with E-state index in [0.29, 0.717) is 22.4 Å². The average Bonchev–Trinajstić information content (AvgIpc) is 3.00. The van der Waals surface area contributed by atoms with Crippen LogP contribution in [-0.2, 0) is 5.75 Å². The van der Waals surface area contributed by atoms with Gasteiger partial charge in [-0.05, 0) is 36.2 Å². The summed E-state index contributed by atoms with van der Waals surface area (Å²) in [6.45, 7) is 2.06. The third-order valence-corrected chi connectivity index (χ3v) is 4.71. The van der Waals surface area contributed by atoms with Gasteiger partial charge in [0.25, 0.3) is 5.95 Å². The highest BCUT2D eigenvalue weighted by molar-refractivity contribution is 7.98.